The van der Waals surface area contributed by atoms with Crippen molar-refractivity contribution in [3.05, 3.63) is 0 Å². The summed E-state index contributed by atoms with van der Waals surface area (Å²) in [6, 6.07) is 0. The van der Waals surface area contributed by atoms with Crippen LogP contribution in [-0.4, -0.2) is 56.0 Å². The van der Waals surface area contributed by atoms with Gasteiger partial charge in [0.2, 0.25) is 0 Å². The van der Waals surface area contributed by atoms with Gasteiger partial charge in [0, 0.05) is 5.92 Å². The largest absolute Gasteiger partial charge is 0.393 e. The van der Waals surface area contributed by atoms with Gasteiger partial charge in [0.15, 0.2) is 0 Å². The number of hydrogen-bond donors (Lipinski definition) is 4. The zero-order chi connectivity index (χ0) is 26.5. The number of ether oxygens (including phenoxy) is 1. The third-order valence-electron chi connectivity index (χ3n) is 14.5. The van der Waals surface area contributed by atoms with Crippen LogP contribution in [0.3, 0.4) is 0 Å². The summed E-state index contributed by atoms with van der Waals surface area (Å²) in [6.45, 7) is 17.5. The molecule has 0 unspecified atom stereocenters. The van der Waals surface area contributed by atoms with Gasteiger partial charge in [-0.2, -0.15) is 0 Å². The van der Waals surface area contributed by atoms with E-state index in [4.69, 9.17) is 4.74 Å². The van der Waals surface area contributed by atoms with Crippen LogP contribution < -0.4 is 0 Å². The first-order valence-corrected chi connectivity index (χ1v) is 14.9. The van der Waals surface area contributed by atoms with Crippen LogP contribution in [0.2, 0.25) is 0 Å². The van der Waals surface area contributed by atoms with Gasteiger partial charge in [-0.3, -0.25) is 0 Å². The Morgan fingerprint density at radius 2 is 1.44 bits per heavy atom. The summed E-state index contributed by atoms with van der Waals surface area (Å²) in [7, 11) is 0. The second kappa shape index (κ2) is 7.11. The lowest BCUT2D eigenvalue weighted by Gasteiger charge is -2.64. The highest BCUT2D eigenvalue weighted by Gasteiger charge is 2.88. The molecule has 0 aromatic carbocycles. The van der Waals surface area contributed by atoms with Crippen molar-refractivity contribution >= 4 is 0 Å². The first-order chi connectivity index (χ1) is 16.4. The first kappa shape index (κ1) is 26.0. The Morgan fingerprint density at radius 1 is 0.778 bits per heavy atom. The molecule has 0 amide bonds. The molecule has 13 atom stereocenters. The molecule has 1 heterocycles. The summed E-state index contributed by atoms with van der Waals surface area (Å²) < 4.78 is 6.68. The molecule has 4 N–H and O–H groups in total. The number of rotatable bonds is 2. The van der Waals surface area contributed by atoms with Gasteiger partial charge in [0.1, 0.15) is 0 Å². The van der Waals surface area contributed by atoms with Crippen LogP contribution in [-0.2, 0) is 4.74 Å². The van der Waals surface area contributed by atoms with Gasteiger partial charge in [0.25, 0.3) is 0 Å². The van der Waals surface area contributed by atoms with E-state index in [1.54, 1.807) is 0 Å². The van der Waals surface area contributed by atoms with E-state index in [1.807, 2.05) is 13.8 Å². The van der Waals surface area contributed by atoms with Gasteiger partial charge in [-0.25, -0.2) is 0 Å². The Hall–Kier alpha value is -0.200. The lowest BCUT2D eigenvalue weighted by Crippen LogP contribution is -2.62. The van der Waals surface area contributed by atoms with Crippen molar-refractivity contribution < 1.29 is 25.2 Å². The molecule has 6 fully saturated rings. The maximum atomic E-state index is 11.8. The molecule has 1 saturated heterocycles. The maximum absolute atomic E-state index is 11.8. The molecule has 6 rings (SSSR count). The van der Waals surface area contributed by atoms with Crippen molar-refractivity contribution in [2.75, 3.05) is 0 Å². The standard InChI is InChI=1S/C31H52O5/c1-17-30-14-13-27(6)24(29(8)11-10-22(36-29)26(4,5)35)19(33)16-28(27,7)20(30)15-18(32)23-25(2,3)21(34)9-12-31(17,23)30/h17-24,32-35H,9-16H2,1-8H3/t17-,18-,19-,20-,21-,22-,23-,24-,27+,28-,29+,30-,31+/m0/s1. The van der Waals surface area contributed by atoms with Crippen LogP contribution in [0.4, 0.5) is 0 Å². The highest BCUT2D eigenvalue weighted by Crippen LogP contribution is 2.91. The number of hydrogen-bond acceptors (Lipinski definition) is 5. The van der Waals surface area contributed by atoms with Crippen molar-refractivity contribution in [3.8, 4) is 0 Å². The van der Waals surface area contributed by atoms with E-state index in [-0.39, 0.29) is 51.1 Å². The zero-order valence-corrected chi connectivity index (χ0v) is 24.0. The minimum absolute atomic E-state index is 0.0178. The lowest BCUT2D eigenvalue weighted by molar-refractivity contribution is -0.213. The Bertz CT molecular complexity index is 942. The Kier molecular flexibility index (Phi) is 5.14. The summed E-state index contributed by atoms with van der Waals surface area (Å²) in [5.41, 5.74) is -1.50. The summed E-state index contributed by atoms with van der Waals surface area (Å²) in [5, 5.41) is 45.3. The molecule has 5 heteroatoms. The molecule has 6 aliphatic rings. The minimum Gasteiger partial charge on any atom is -0.393 e. The predicted octanol–water partition coefficient (Wildman–Crippen LogP) is 4.68. The topological polar surface area (TPSA) is 90.2 Å². The highest BCUT2D eigenvalue weighted by atomic mass is 16.5. The average molecular weight is 505 g/mol. The van der Waals surface area contributed by atoms with Crippen LogP contribution in [0.1, 0.15) is 107 Å². The smallest absolute Gasteiger partial charge is 0.0865 e. The second-order valence-electron chi connectivity index (χ2n) is 16.2. The fraction of sp³-hybridized carbons (Fsp3) is 1.00. The lowest BCUT2D eigenvalue weighted by atomic mass is 9.41. The normalized spacial score (nSPS) is 61.7. The highest BCUT2D eigenvalue weighted by molar-refractivity contribution is 5.35. The molecule has 1 aliphatic heterocycles. The predicted molar refractivity (Wildman–Crippen MR) is 139 cm³/mol. The number of aliphatic hydroxyl groups excluding tert-OH is 3. The van der Waals surface area contributed by atoms with Gasteiger partial charge in [-0.1, -0.05) is 34.6 Å². The van der Waals surface area contributed by atoms with E-state index in [0.29, 0.717) is 11.8 Å². The van der Waals surface area contributed by atoms with E-state index < -0.39 is 23.4 Å². The Balaban J connectivity index is 1.39. The summed E-state index contributed by atoms with van der Waals surface area (Å²) in [6.07, 6.45) is 5.89. The van der Waals surface area contributed by atoms with E-state index in [0.717, 1.165) is 51.4 Å². The van der Waals surface area contributed by atoms with Crippen molar-refractivity contribution in [2.45, 2.75) is 142 Å². The van der Waals surface area contributed by atoms with Gasteiger partial charge in [-0.05, 0) is 117 Å². The molecule has 0 aromatic heterocycles. The van der Waals surface area contributed by atoms with E-state index in [9.17, 15) is 20.4 Å². The Labute approximate surface area is 218 Å². The summed E-state index contributed by atoms with van der Waals surface area (Å²) in [5.74, 6) is 1.06. The molecule has 2 spiro atoms. The van der Waals surface area contributed by atoms with Crippen molar-refractivity contribution in [2.24, 2.45) is 50.7 Å². The number of fused-ring (bicyclic) bond motifs is 2. The van der Waals surface area contributed by atoms with Crippen LogP contribution in [0.25, 0.3) is 0 Å². The quantitative estimate of drug-likeness (QED) is 0.438. The molecule has 0 radical (unpaired) electrons. The SMILES string of the molecule is C[C@H]1[C@@]23CC[C@]4(C)[C@@H]([C@@]5(C)CC[C@@H](C(C)(C)O)O5)[C@@H](O)C[C@@]4(C)[C@@H]2C[C@H](O)[C@H]2C(C)(C)[C@@H](O)CC[C@@]123. The van der Waals surface area contributed by atoms with Gasteiger partial charge < -0.3 is 25.2 Å². The zero-order valence-electron chi connectivity index (χ0n) is 24.0. The average Bonchev–Trinajstić information content (AvgIpc) is 2.98. The molecular weight excluding hydrogens is 452 g/mol. The van der Waals surface area contributed by atoms with E-state index in [1.165, 1.54) is 0 Å². The van der Waals surface area contributed by atoms with Gasteiger partial charge in [0.05, 0.1) is 35.6 Å². The fourth-order valence-corrected chi connectivity index (χ4v) is 12.8. The number of aliphatic hydroxyl groups is 4. The van der Waals surface area contributed by atoms with Crippen molar-refractivity contribution in [1.29, 1.82) is 0 Å². The molecule has 206 valence electrons. The van der Waals surface area contributed by atoms with Crippen molar-refractivity contribution in [1.82, 2.24) is 0 Å². The molecule has 5 saturated carbocycles. The minimum atomic E-state index is -0.890. The Morgan fingerprint density at radius 3 is 2.06 bits per heavy atom. The maximum Gasteiger partial charge on any atom is 0.0865 e. The molecule has 5 nitrogen and oxygen atoms in total. The van der Waals surface area contributed by atoms with E-state index >= 15 is 0 Å². The van der Waals surface area contributed by atoms with Gasteiger partial charge >= 0.3 is 0 Å². The summed E-state index contributed by atoms with van der Waals surface area (Å²) in [4.78, 5) is 0. The molecular formula is C31H52O5. The third kappa shape index (κ3) is 2.67. The summed E-state index contributed by atoms with van der Waals surface area (Å²) >= 11 is 0. The molecule has 0 bridgehead atoms. The van der Waals surface area contributed by atoms with Crippen LogP contribution in [0.15, 0.2) is 0 Å². The monoisotopic (exact) mass is 504 g/mol. The van der Waals surface area contributed by atoms with Gasteiger partial charge in [-0.15, -0.1) is 0 Å². The van der Waals surface area contributed by atoms with Crippen LogP contribution in [0, 0.1) is 50.7 Å². The fourth-order valence-electron chi connectivity index (χ4n) is 12.8. The molecule has 0 aromatic rings. The van der Waals surface area contributed by atoms with Crippen molar-refractivity contribution in [3.63, 3.8) is 0 Å². The second-order valence-corrected chi connectivity index (χ2v) is 16.2. The first-order valence-electron chi connectivity index (χ1n) is 14.9. The molecule has 36 heavy (non-hydrogen) atoms. The van der Waals surface area contributed by atoms with Crippen LogP contribution in [0.5, 0.6) is 0 Å². The van der Waals surface area contributed by atoms with E-state index in [2.05, 4.69) is 41.5 Å². The van der Waals surface area contributed by atoms with Crippen LogP contribution >= 0.6 is 0 Å². The third-order valence-corrected chi connectivity index (χ3v) is 14.5. The molecule has 5 aliphatic carbocycles.